The summed E-state index contributed by atoms with van der Waals surface area (Å²) in [5.41, 5.74) is 0.0706. The van der Waals surface area contributed by atoms with Gasteiger partial charge in [0.15, 0.2) is 0 Å². The first-order valence-electron chi connectivity index (χ1n) is 4.49. The molecule has 0 bridgehead atoms. The fraction of sp³-hybridized carbons (Fsp3) is 0.273. The summed E-state index contributed by atoms with van der Waals surface area (Å²) in [4.78, 5) is 13.2. The normalized spacial score (nSPS) is 10.0. The molecule has 80 valence electrons. The van der Waals surface area contributed by atoms with Gasteiger partial charge in [0.1, 0.15) is 11.6 Å². The third-order valence-electron chi connectivity index (χ3n) is 1.63. The van der Waals surface area contributed by atoms with Crippen LogP contribution in [0.4, 0.5) is 0 Å². The SMILES string of the molecule is C=CCN(CC=C)C(=O)/C(C#N)=C\NC. The van der Waals surface area contributed by atoms with Gasteiger partial charge in [0.25, 0.3) is 5.91 Å². The zero-order valence-electron chi connectivity index (χ0n) is 8.86. The molecular weight excluding hydrogens is 190 g/mol. The van der Waals surface area contributed by atoms with Gasteiger partial charge in [-0.05, 0) is 0 Å². The van der Waals surface area contributed by atoms with Gasteiger partial charge in [-0.2, -0.15) is 5.26 Å². The Bertz CT molecular complexity index is 302. The zero-order chi connectivity index (χ0) is 11.7. The topological polar surface area (TPSA) is 56.1 Å². The van der Waals surface area contributed by atoms with Crippen molar-refractivity contribution in [1.29, 1.82) is 5.26 Å². The molecule has 0 heterocycles. The van der Waals surface area contributed by atoms with Crippen molar-refractivity contribution in [3.05, 3.63) is 37.1 Å². The molecule has 0 unspecified atom stereocenters. The standard InChI is InChI=1S/C11H15N3O/c1-4-6-14(7-5-2)11(15)10(8-12)9-13-3/h4-5,9,13H,1-2,6-7H2,3H3/b10-9-. The van der Waals surface area contributed by atoms with Crippen molar-refractivity contribution in [2.45, 2.75) is 0 Å². The number of amides is 1. The van der Waals surface area contributed by atoms with Gasteiger partial charge >= 0.3 is 0 Å². The van der Waals surface area contributed by atoms with Crippen LogP contribution in [0.5, 0.6) is 0 Å². The lowest BCUT2D eigenvalue weighted by Crippen LogP contribution is -2.32. The van der Waals surface area contributed by atoms with Crippen molar-refractivity contribution >= 4 is 5.91 Å². The smallest absolute Gasteiger partial charge is 0.266 e. The van der Waals surface area contributed by atoms with E-state index in [1.165, 1.54) is 11.1 Å². The molecule has 0 aromatic heterocycles. The lowest BCUT2D eigenvalue weighted by molar-refractivity contribution is -0.125. The van der Waals surface area contributed by atoms with Crippen molar-refractivity contribution in [3.8, 4) is 6.07 Å². The summed E-state index contributed by atoms with van der Waals surface area (Å²) >= 11 is 0. The maximum Gasteiger partial charge on any atom is 0.266 e. The first-order chi connectivity index (χ1) is 7.21. The van der Waals surface area contributed by atoms with E-state index in [4.69, 9.17) is 5.26 Å². The predicted molar refractivity (Wildman–Crippen MR) is 59.7 cm³/mol. The molecule has 0 atom stereocenters. The van der Waals surface area contributed by atoms with E-state index in [1.54, 1.807) is 19.2 Å². The fourth-order valence-corrected chi connectivity index (χ4v) is 1.01. The Balaban J connectivity index is 4.75. The molecule has 0 aliphatic rings. The molecule has 0 spiro atoms. The summed E-state index contributed by atoms with van der Waals surface area (Å²) in [6.07, 6.45) is 4.59. The molecule has 0 rings (SSSR count). The molecule has 1 N–H and O–H groups in total. The Kier molecular flexibility index (Phi) is 6.39. The number of carbonyl (C=O) groups is 1. The van der Waals surface area contributed by atoms with Crippen LogP contribution < -0.4 is 5.32 Å². The van der Waals surface area contributed by atoms with E-state index >= 15 is 0 Å². The fourth-order valence-electron chi connectivity index (χ4n) is 1.01. The molecule has 0 saturated heterocycles. The Morgan fingerprint density at radius 1 is 1.47 bits per heavy atom. The van der Waals surface area contributed by atoms with Gasteiger partial charge in [-0.1, -0.05) is 12.2 Å². The highest BCUT2D eigenvalue weighted by Crippen LogP contribution is 2.00. The molecule has 15 heavy (non-hydrogen) atoms. The second-order valence-corrected chi connectivity index (χ2v) is 2.75. The van der Waals surface area contributed by atoms with E-state index in [0.717, 1.165) is 0 Å². The van der Waals surface area contributed by atoms with E-state index in [0.29, 0.717) is 13.1 Å². The summed E-state index contributed by atoms with van der Waals surface area (Å²) in [5.74, 6) is -0.327. The highest BCUT2D eigenvalue weighted by Gasteiger charge is 2.15. The molecule has 0 aromatic rings. The second-order valence-electron chi connectivity index (χ2n) is 2.75. The van der Waals surface area contributed by atoms with Gasteiger partial charge in [0, 0.05) is 26.3 Å². The van der Waals surface area contributed by atoms with Crippen molar-refractivity contribution in [1.82, 2.24) is 10.2 Å². The van der Waals surface area contributed by atoms with Gasteiger partial charge in [-0.25, -0.2) is 0 Å². The minimum Gasteiger partial charge on any atom is -0.393 e. The maximum absolute atomic E-state index is 11.7. The minimum absolute atomic E-state index is 0.0706. The van der Waals surface area contributed by atoms with E-state index in [2.05, 4.69) is 18.5 Å². The van der Waals surface area contributed by atoms with Crippen molar-refractivity contribution in [2.24, 2.45) is 0 Å². The van der Waals surface area contributed by atoms with Crippen molar-refractivity contribution < 1.29 is 4.79 Å². The summed E-state index contributed by atoms with van der Waals surface area (Å²) in [6, 6.07) is 1.84. The summed E-state index contributed by atoms with van der Waals surface area (Å²) in [6.45, 7) is 7.89. The largest absolute Gasteiger partial charge is 0.393 e. The third kappa shape index (κ3) is 4.14. The summed E-state index contributed by atoms with van der Waals surface area (Å²) < 4.78 is 0. The van der Waals surface area contributed by atoms with Gasteiger partial charge in [0.05, 0.1) is 0 Å². The molecule has 0 fully saturated rings. The van der Waals surface area contributed by atoms with E-state index < -0.39 is 0 Å². The quantitative estimate of drug-likeness (QED) is 0.396. The number of nitrogens with zero attached hydrogens (tertiary/aromatic N) is 2. The molecular formula is C11H15N3O. The first kappa shape index (κ1) is 13.0. The van der Waals surface area contributed by atoms with Crippen LogP contribution in [0, 0.1) is 11.3 Å². The van der Waals surface area contributed by atoms with Crippen LogP contribution in [-0.4, -0.2) is 30.9 Å². The van der Waals surface area contributed by atoms with Crippen LogP contribution >= 0.6 is 0 Å². The predicted octanol–water partition coefficient (Wildman–Crippen LogP) is 0.814. The molecule has 0 saturated carbocycles. The van der Waals surface area contributed by atoms with Gasteiger partial charge in [-0.3, -0.25) is 4.79 Å². The molecule has 1 amide bonds. The summed E-state index contributed by atoms with van der Waals surface area (Å²) in [7, 11) is 1.63. The first-order valence-corrected chi connectivity index (χ1v) is 4.49. The number of rotatable bonds is 6. The number of nitriles is 1. The summed E-state index contributed by atoms with van der Waals surface area (Å²) in [5, 5.41) is 11.4. The number of hydrogen-bond donors (Lipinski definition) is 1. The highest BCUT2D eigenvalue weighted by atomic mass is 16.2. The molecule has 4 heteroatoms. The van der Waals surface area contributed by atoms with E-state index in [-0.39, 0.29) is 11.5 Å². The van der Waals surface area contributed by atoms with Crippen molar-refractivity contribution in [2.75, 3.05) is 20.1 Å². The zero-order valence-corrected chi connectivity index (χ0v) is 8.86. The molecule has 0 aromatic carbocycles. The average Bonchev–Trinajstić information content (AvgIpc) is 2.24. The van der Waals surface area contributed by atoms with E-state index in [1.807, 2.05) is 6.07 Å². The number of nitrogens with one attached hydrogen (secondary N) is 1. The van der Waals surface area contributed by atoms with Crippen molar-refractivity contribution in [3.63, 3.8) is 0 Å². The Morgan fingerprint density at radius 2 is 2.00 bits per heavy atom. The number of carbonyl (C=O) groups excluding carboxylic acids is 1. The lowest BCUT2D eigenvalue weighted by Gasteiger charge is -2.18. The van der Waals surface area contributed by atoms with Crippen LogP contribution in [-0.2, 0) is 4.79 Å². The Labute approximate surface area is 90.2 Å². The number of hydrogen-bond acceptors (Lipinski definition) is 3. The lowest BCUT2D eigenvalue weighted by atomic mass is 10.2. The van der Waals surface area contributed by atoms with Gasteiger partial charge in [-0.15, -0.1) is 13.2 Å². The van der Waals surface area contributed by atoms with Gasteiger partial charge < -0.3 is 10.2 Å². The van der Waals surface area contributed by atoms with Crippen LogP contribution in [0.25, 0.3) is 0 Å². The van der Waals surface area contributed by atoms with Gasteiger partial charge in [0.2, 0.25) is 0 Å². The Hall–Kier alpha value is -2.02. The second kappa shape index (κ2) is 7.39. The average molecular weight is 205 g/mol. The monoisotopic (exact) mass is 205 g/mol. The van der Waals surface area contributed by atoms with Crippen LogP contribution in [0.2, 0.25) is 0 Å². The Morgan fingerprint density at radius 3 is 2.33 bits per heavy atom. The molecule has 0 aliphatic carbocycles. The molecule has 4 nitrogen and oxygen atoms in total. The minimum atomic E-state index is -0.327. The molecule has 0 aliphatic heterocycles. The maximum atomic E-state index is 11.7. The third-order valence-corrected chi connectivity index (χ3v) is 1.63. The highest BCUT2D eigenvalue weighted by molar-refractivity contribution is 5.97. The molecule has 0 radical (unpaired) electrons. The van der Waals surface area contributed by atoms with Crippen LogP contribution in [0.1, 0.15) is 0 Å². The van der Waals surface area contributed by atoms with Crippen LogP contribution in [0.3, 0.4) is 0 Å². The van der Waals surface area contributed by atoms with Crippen LogP contribution in [0.15, 0.2) is 37.1 Å². The van der Waals surface area contributed by atoms with E-state index in [9.17, 15) is 4.79 Å².